The lowest BCUT2D eigenvalue weighted by atomic mass is 10.0. The van der Waals surface area contributed by atoms with Crippen molar-refractivity contribution in [2.75, 3.05) is 6.54 Å². The lowest BCUT2D eigenvalue weighted by Gasteiger charge is -2.40. The Morgan fingerprint density at radius 2 is 1.95 bits per heavy atom. The van der Waals surface area contributed by atoms with E-state index in [0.29, 0.717) is 18.9 Å². The molecule has 1 aliphatic heterocycles. The van der Waals surface area contributed by atoms with E-state index < -0.39 is 0 Å². The van der Waals surface area contributed by atoms with E-state index in [9.17, 15) is 4.79 Å². The zero-order valence-electron chi connectivity index (χ0n) is 11.3. The van der Waals surface area contributed by atoms with Gasteiger partial charge < -0.3 is 9.64 Å². The molecular weight excluding hydrogens is 238 g/mol. The SMILES string of the molecule is O=C1CCN1[C@H](OCc1ccccc1)C1CCCC1. The third kappa shape index (κ3) is 2.81. The van der Waals surface area contributed by atoms with E-state index in [2.05, 4.69) is 12.1 Å². The quantitative estimate of drug-likeness (QED) is 0.761. The highest BCUT2D eigenvalue weighted by atomic mass is 16.5. The minimum Gasteiger partial charge on any atom is -0.353 e. The lowest BCUT2D eigenvalue weighted by Crippen LogP contribution is -2.53. The fourth-order valence-electron chi connectivity index (χ4n) is 3.08. The molecule has 102 valence electrons. The number of carbonyl (C=O) groups excluding carboxylic acids is 1. The predicted octanol–water partition coefficient (Wildman–Crippen LogP) is 2.95. The highest BCUT2D eigenvalue weighted by molar-refractivity contribution is 5.81. The van der Waals surface area contributed by atoms with Gasteiger partial charge >= 0.3 is 0 Å². The number of nitrogens with zero attached hydrogens (tertiary/aromatic N) is 1. The Labute approximate surface area is 114 Å². The molecule has 1 atom stereocenters. The van der Waals surface area contributed by atoms with Crippen LogP contribution in [0.1, 0.15) is 37.7 Å². The average molecular weight is 259 g/mol. The normalized spacial score (nSPS) is 21.5. The molecule has 1 amide bonds. The Morgan fingerprint density at radius 3 is 2.53 bits per heavy atom. The van der Waals surface area contributed by atoms with Crippen molar-refractivity contribution in [3.05, 3.63) is 35.9 Å². The van der Waals surface area contributed by atoms with Gasteiger partial charge in [0.1, 0.15) is 6.23 Å². The van der Waals surface area contributed by atoms with E-state index >= 15 is 0 Å². The molecule has 3 nitrogen and oxygen atoms in total. The van der Waals surface area contributed by atoms with Gasteiger partial charge in [-0.3, -0.25) is 4.79 Å². The topological polar surface area (TPSA) is 29.5 Å². The Morgan fingerprint density at radius 1 is 1.21 bits per heavy atom. The van der Waals surface area contributed by atoms with Crippen LogP contribution in [0.2, 0.25) is 0 Å². The van der Waals surface area contributed by atoms with Gasteiger partial charge in [-0.25, -0.2) is 0 Å². The molecule has 0 N–H and O–H groups in total. The summed E-state index contributed by atoms with van der Waals surface area (Å²) in [7, 11) is 0. The molecule has 1 aliphatic carbocycles. The van der Waals surface area contributed by atoms with Crippen LogP contribution in [0.3, 0.4) is 0 Å². The number of carbonyl (C=O) groups is 1. The summed E-state index contributed by atoms with van der Waals surface area (Å²) in [4.78, 5) is 13.6. The largest absolute Gasteiger partial charge is 0.353 e. The standard InChI is InChI=1S/C16H21NO2/c18-15-10-11-17(15)16(14-8-4-5-9-14)19-12-13-6-2-1-3-7-13/h1-3,6-7,14,16H,4-5,8-12H2/t16-/m1/s1. The van der Waals surface area contributed by atoms with Crippen molar-refractivity contribution in [1.29, 1.82) is 0 Å². The van der Waals surface area contributed by atoms with Crippen molar-refractivity contribution in [3.8, 4) is 0 Å². The first-order valence-corrected chi connectivity index (χ1v) is 7.29. The second kappa shape index (κ2) is 5.74. The fourth-order valence-corrected chi connectivity index (χ4v) is 3.08. The van der Waals surface area contributed by atoms with Gasteiger partial charge in [-0.15, -0.1) is 0 Å². The number of ether oxygens (including phenoxy) is 1. The van der Waals surface area contributed by atoms with Crippen molar-refractivity contribution in [3.63, 3.8) is 0 Å². The summed E-state index contributed by atoms with van der Waals surface area (Å²) < 4.78 is 6.09. The second-order valence-corrected chi connectivity index (χ2v) is 5.57. The van der Waals surface area contributed by atoms with Crippen LogP contribution in [-0.4, -0.2) is 23.6 Å². The van der Waals surface area contributed by atoms with Crippen LogP contribution in [0, 0.1) is 5.92 Å². The Kier molecular flexibility index (Phi) is 3.83. The van der Waals surface area contributed by atoms with Crippen LogP contribution in [0.5, 0.6) is 0 Å². The molecule has 1 heterocycles. The number of likely N-dealkylation sites (tertiary alicyclic amines) is 1. The molecule has 1 saturated carbocycles. The highest BCUT2D eigenvalue weighted by Crippen LogP contribution is 2.33. The maximum atomic E-state index is 11.7. The van der Waals surface area contributed by atoms with E-state index in [0.717, 1.165) is 6.54 Å². The molecule has 0 spiro atoms. The zero-order valence-corrected chi connectivity index (χ0v) is 11.3. The van der Waals surface area contributed by atoms with Gasteiger partial charge in [0, 0.05) is 18.9 Å². The van der Waals surface area contributed by atoms with Gasteiger partial charge in [0.25, 0.3) is 0 Å². The molecule has 0 unspecified atom stereocenters. The third-order valence-corrected chi connectivity index (χ3v) is 4.26. The number of hydrogen-bond acceptors (Lipinski definition) is 2. The second-order valence-electron chi connectivity index (χ2n) is 5.57. The zero-order chi connectivity index (χ0) is 13.1. The molecule has 3 heteroatoms. The molecule has 0 aromatic heterocycles. The highest BCUT2D eigenvalue weighted by Gasteiger charge is 2.37. The maximum Gasteiger partial charge on any atom is 0.226 e. The third-order valence-electron chi connectivity index (χ3n) is 4.26. The van der Waals surface area contributed by atoms with Crippen molar-refractivity contribution < 1.29 is 9.53 Å². The van der Waals surface area contributed by atoms with Gasteiger partial charge in [-0.05, 0) is 18.4 Å². The van der Waals surface area contributed by atoms with E-state index in [4.69, 9.17) is 4.74 Å². The summed E-state index contributed by atoms with van der Waals surface area (Å²) >= 11 is 0. The van der Waals surface area contributed by atoms with E-state index in [1.165, 1.54) is 31.2 Å². The van der Waals surface area contributed by atoms with Gasteiger partial charge in [0.2, 0.25) is 5.91 Å². The average Bonchev–Trinajstić information content (AvgIpc) is 2.96. The van der Waals surface area contributed by atoms with Gasteiger partial charge in [-0.2, -0.15) is 0 Å². The number of rotatable bonds is 5. The molecule has 1 saturated heterocycles. The summed E-state index contributed by atoms with van der Waals surface area (Å²) in [5.41, 5.74) is 1.18. The first kappa shape index (κ1) is 12.7. The molecule has 1 aromatic carbocycles. The number of β-lactam (4-membered cyclic amide) rings is 1. The van der Waals surface area contributed by atoms with Crippen LogP contribution in [0.25, 0.3) is 0 Å². The van der Waals surface area contributed by atoms with Crippen LogP contribution in [0.4, 0.5) is 0 Å². The van der Waals surface area contributed by atoms with Crippen molar-refractivity contribution in [2.45, 2.75) is 44.9 Å². The Balaban J connectivity index is 1.63. The van der Waals surface area contributed by atoms with E-state index in [1.54, 1.807) is 0 Å². The first-order valence-electron chi connectivity index (χ1n) is 7.29. The summed E-state index contributed by atoms with van der Waals surface area (Å²) in [6.07, 6.45) is 5.64. The van der Waals surface area contributed by atoms with Crippen LogP contribution >= 0.6 is 0 Å². The molecule has 3 rings (SSSR count). The summed E-state index contributed by atoms with van der Waals surface area (Å²) in [6, 6.07) is 10.2. The fraction of sp³-hybridized carbons (Fsp3) is 0.562. The first-order chi connectivity index (χ1) is 9.34. The lowest BCUT2D eigenvalue weighted by molar-refractivity contribution is -0.169. The number of hydrogen-bond donors (Lipinski definition) is 0. The van der Waals surface area contributed by atoms with Gasteiger partial charge in [-0.1, -0.05) is 43.2 Å². The maximum absolute atomic E-state index is 11.7. The molecular formula is C16H21NO2. The van der Waals surface area contributed by atoms with E-state index in [1.807, 2.05) is 23.1 Å². The van der Waals surface area contributed by atoms with Crippen molar-refractivity contribution in [1.82, 2.24) is 4.90 Å². The van der Waals surface area contributed by atoms with Gasteiger partial charge in [0.05, 0.1) is 6.61 Å². The van der Waals surface area contributed by atoms with E-state index in [-0.39, 0.29) is 12.1 Å². The summed E-state index contributed by atoms with van der Waals surface area (Å²) in [5.74, 6) is 0.790. The molecule has 2 fully saturated rings. The smallest absolute Gasteiger partial charge is 0.226 e. The monoisotopic (exact) mass is 259 g/mol. The van der Waals surface area contributed by atoms with Crippen molar-refractivity contribution >= 4 is 5.91 Å². The molecule has 0 radical (unpaired) electrons. The Bertz CT molecular complexity index is 426. The molecule has 1 aromatic rings. The number of amides is 1. The van der Waals surface area contributed by atoms with Crippen LogP contribution in [-0.2, 0) is 16.1 Å². The predicted molar refractivity (Wildman–Crippen MR) is 73.3 cm³/mol. The Hall–Kier alpha value is -1.35. The van der Waals surface area contributed by atoms with Crippen molar-refractivity contribution in [2.24, 2.45) is 5.92 Å². The molecule has 19 heavy (non-hydrogen) atoms. The van der Waals surface area contributed by atoms with Crippen LogP contribution in [0.15, 0.2) is 30.3 Å². The molecule has 2 aliphatic rings. The molecule has 0 bridgehead atoms. The summed E-state index contributed by atoms with van der Waals surface area (Å²) in [5, 5.41) is 0. The summed E-state index contributed by atoms with van der Waals surface area (Å²) in [6.45, 7) is 1.47. The van der Waals surface area contributed by atoms with Gasteiger partial charge in [0.15, 0.2) is 0 Å². The minimum absolute atomic E-state index is 0.00366. The number of benzene rings is 1. The minimum atomic E-state index is 0.00366. The van der Waals surface area contributed by atoms with Crippen LogP contribution < -0.4 is 0 Å².